The summed E-state index contributed by atoms with van der Waals surface area (Å²) in [5.41, 5.74) is 21.2. The molecule has 10 heteroatoms. The van der Waals surface area contributed by atoms with Gasteiger partial charge in [-0.05, 0) is 204 Å². The van der Waals surface area contributed by atoms with Gasteiger partial charge in [0.25, 0.3) is 0 Å². The highest BCUT2D eigenvalue weighted by Crippen LogP contribution is 2.45. The first kappa shape index (κ1) is 72.7. The van der Waals surface area contributed by atoms with E-state index in [-0.39, 0.29) is 0 Å². The maximum atomic E-state index is 7.05. The molecule has 0 N–H and O–H groups in total. The molecule has 0 saturated carbocycles. The molecule has 0 saturated heterocycles. The minimum absolute atomic E-state index is 0.538. The molecule has 0 aliphatic heterocycles. The van der Waals surface area contributed by atoms with Gasteiger partial charge in [0.1, 0.15) is 0 Å². The molecular weight excluding hydrogens is 1540 g/mol. The number of nitrogens with zero attached hydrogens (tertiary/aromatic N) is 9. The number of hydrogen-bond acceptors (Lipinski definition) is 6. The molecule has 25 aromatic rings. The van der Waals surface area contributed by atoms with Gasteiger partial charge in [-0.25, -0.2) is 29.9 Å². The molecule has 0 amide bonds. The van der Waals surface area contributed by atoms with Crippen LogP contribution in [0.4, 0.5) is 0 Å². The number of aromatic nitrogens is 9. The SMILES string of the molecule is Clc1c(-c2nc(-c3ccc4ccccc4c3)nc(-c3ccc4c(c3)c3ccccc3n4-c3ccccc3)n2)ccc2ccccc12.c1ccc(-n2c3ccccc3c3cc(-c4nc(-c5ccc6ccccc6c5)nc(-c5ccc6ccccc6c5-n5c6ccccc6c6cc7ccccc7cc65)n4)ccc32)cc1.c1ccc2c(c1)Cc1cc3ccccc3cc1-2. The predicted octanol–water partition coefficient (Wildman–Crippen LogP) is 29.9. The van der Waals surface area contributed by atoms with Crippen LogP contribution in [0, 0.1) is 0 Å². The Bertz CT molecular complexity index is 8690. The Morgan fingerprint density at radius 3 is 1.06 bits per heavy atom. The molecule has 1 aliphatic carbocycles. The van der Waals surface area contributed by atoms with E-state index in [2.05, 4.69) is 396 Å². The molecule has 125 heavy (non-hydrogen) atoms. The maximum Gasteiger partial charge on any atom is 0.166 e. The molecule has 0 spiro atoms. The van der Waals surface area contributed by atoms with Crippen LogP contribution in [0.25, 0.3) is 227 Å². The lowest BCUT2D eigenvalue weighted by Crippen LogP contribution is -2.04. The lowest BCUT2D eigenvalue weighted by molar-refractivity contribution is 1.07. The van der Waals surface area contributed by atoms with Crippen molar-refractivity contribution in [3.05, 3.63) is 441 Å². The van der Waals surface area contributed by atoms with Gasteiger partial charge >= 0.3 is 0 Å². The van der Waals surface area contributed by atoms with Gasteiger partial charge in [0.2, 0.25) is 0 Å². The molecular formula is C115H72ClN9. The van der Waals surface area contributed by atoms with Crippen LogP contribution in [-0.4, -0.2) is 43.6 Å². The Labute approximate surface area is 724 Å². The monoisotopic (exact) mass is 1610 g/mol. The van der Waals surface area contributed by atoms with Crippen molar-refractivity contribution in [2.24, 2.45) is 0 Å². The third-order valence-corrected chi connectivity index (χ3v) is 25.3. The summed E-state index contributed by atoms with van der Waals surface area (Å²) in [5, 5.41) is 21.6. The number of para-hydroxylation sites is 5. The van der Waals surface area contributed by atoms with Crippen molar-refractivity contribution in [3.63, 3.8) is 0 Å². The van der Waals surface area contributed by atoms with E-state index in [1.165, 1.54) is 76.1 Å². The molecule has 1 aliphatic rings. The molecule has 20 aromatic carbocycles. The Hall–Kier alpha value is -16.3. The fraction of sp³-hybridized carbons (Fsp3) is 0.00870. The van der Waals surface area contributed by atoms with E-state index in [1.54, 1.807) is 0 Å². The molecule has 5 aromatic heterocycles. The Kier molecular flexibility index (Phi) is 17.5. The normalized spacial score (nSPS) is 11.8. The van der Waals surface area contributed by atoms with Gasteiger partial charge in [0.15, 0.2) is 34.9 Å². The second kappa shape index (κ2) is 30.1. The summed E-state index contributed by atoms with van der Waals surface area (Å²) in [4.78, 5) is 31.3. The molecule has 26 rings (SSSR count). The highest BCUT2D eigenvalue weighted by atomic mass is 35.5. The molecule has 0 radical (unpaired) electrons. The van der Waals surface area contributed by atoms with E-state index >= 15 is 0 Å². The maximum absolute atomic E-state index is 7.05. The van der Waals surface area contributed by atoms with Crippen molar-refractivity contribution in [1.29, 1.82) is 0 Å². The second-order valence-electron chi connectivity index (χ2n) is 32.2. The van der Waals surface area contributed by atoms with Crippen molar-refractivity contribution in [1.82, 2.24) is 43.6 Å². The summed E-state index contributed by atoms with van der Waals surface area (Å²) >= 11 is 7.05. The third-order valence-electron chi connectivity index (χ3n) is 24.8. The van der Waals surface area contributed by atoms with Gasteiger partial charge in [-0.2, -0.15) is 0 Å². The van der Waals surface area contributed by atoms with Gasteiger partial charge in [0, 0.05) is 87.8 Å². The van der Waals surface area contributed by atoms with Crippen molar-refractivity contribution >= 4 is 142 Å². The Morgan fingerprint density at radius 2 is 0.528 bits per heavy atom. The number of benzene rings is 20. The van der Waals surface area contributed by atoms with Crippen LogP contribution < -0.4 is 0 Å². The quantitative estimate of drug-likeness (QED) is 0.143. The van der Waals surface area contributed by atoms with Crippen molar-refractivity contribution in [3.8, 4) is 96.5 Å². The number of halogens is 1. The first-order valence-corrected chi connectivity index (χ1v) is 42.6. The van der Waals surface area contributed by atoms with Crippen LogP contribution in [-0.2, 0) is 6.42 Å². The molecule has 0 bridgehead atoms. The van der Waals surface area contributed by atoms with Crippen molar-refractivity contribution in [2.45, 2.75) is 6.42 Å². The summed E-state index contributed by atoms with van der Waals surface area (Å²) in [7, 11) is 0. The van der Waals surface area contributed by atoms with Gasteiger partial charge < -0.3 is 13.7 Å². The smallest absolute Gasteiger partial charge is 0.166 e. The van der Waals surface area contributed by atoms with Crippen LogP contribution in [0.1, 0.15) is 11.1 Å². The third kappa shape index (κ3) is 12.7. The minimum Gasteiger partial charge on any atom is -0.309 e. The van der Waals surface area contributed by atoms with E-state index in [1.807, 2.05) is 42.5 Å². The number of fused-ring (bicyclic) bond motifs is 18. The lowest BCUT2D eigenvalue weighted by Gasteiger charge is -2.17. The summed E-state index contributed by atoms with van der Waals surface area (Å²) in [6, 6.07) is 150. The van der Waals surface area contributed by atoms with E-state index in [9.17, 15) is 0 Å². The van der Waals surface area contributed by atoms with Crippen LogP contribution in [0.15, 0.2) is 425 Å². The molecule has 5 heterocycles. The predicted molar refractivity (Wildman–Crippen MR) is 520 cm³/mol. The van der Waals surface area contributed by atoms with Crippen molar-refractivity contribution in [2.75, 3.05) is 0 Å². The summed E-state index contributed by atoms with van der Waals surface area (Å²) < 4.78 is 7.07. The number of rotatable bonds is 9. The second-order valence-corrected chi connectivity index (χ2v) is 32.5. The van der Waals surface area contributed by atoms with Gasteiger partial charge in [-0.3, -0.25) is 0 Å². The Morgan fingerprint density at radius 1 is 0.184 bits per heavy atom. The first-order valence-electron chi connectivity index (χ1n) is 42.3. The summed E-state index contributed by atoms with van der Waals surface area (Å²) in [5.74, 6) is 3.57. The summed E-state index contributed by atoms with van der Waals surface area (Å²) in [6.07, 6.45) is 1.08. The zero-order valence-electron chi connectivity index (χ0n) is 67.5. The van der Waals surface area contributed by atoms with E-state index in [0.29, 0.717) is 40.0 Å². The molecule has 0 atom stereocenters. The van der Waals surface area contributed by atoms with Gasteiger partial charge in [-0.15, -0.1) is 0 Å². The lowest BCUT2D eigenvalue weighted by atomic mass is 10.0. The topological polar surface area (TPSA) is 92.1 Å². The largest absolute Gasteiger partial charge is 0.309 e. The minimum atomic E-state index is 0.538. The average Bonchev–Trinajstić information content (AvgIpc) is 1.57. The van der Waals surface area contributed by atoms with Crippen LogP contribution >= 0.6 is 11.6 Å². The Balaban J connectivity index is 0.000000121. The van der Waals surface area contributed by atoms with Gasteiger partial charge in [0.05, 0.1) is 43.8 Å². The highest BCUT2D eigenvalue weighted by Gasteiger charge is 2.26. The average molecular weight is 1620 g/mol. The summed E-state index contributed by atoms with van der Waals surface area (Å²) in [6.45, 7) is 0. The van der Waals surface area contributed by atoms with Gasteiger partial charge in [-0.1, -0.05) is 315 Å². The zero-order valence-corrected chi connectivity index (χ0v) is 68.3. The van der Waals surface area contributed by atoms with E-state index in [4.69, 9.17) is 41.5 Å². The van der Waals surface area contributed by atoms with E-state index in [0.717, 1.165) is 133 Å². The van der Waals surface area contributed by atoms with E-state index < -0.39 is 0 Å². The van der Waals surface area contributed by atoms with Crippen LogP contribution in [0.3, 0.4) is 0 Å². The standard InChI is InChI=1S/C57H35N5.C41H25ClN4.C17H12/c1-2-19-43(20-3-1)61-50-24-12-10-22-45(50)48-34-42(29-31-52(48)61)56-58-55(41-27-26-36-14-4-5-16-38(36)32-41)59-57(60-56)47-30-28-37-15-8-9-21-44(37)54(47)62-51-25-13-11-23-46(51)49-33-39-17-6-7-18-40(39)35-53(49)62;42-38-32-15-7-6-11-27(32)20-22-34(38)41-44-39(29-19-18-26-10-4-5-12-28(26)24-29)43-40(45-41)30-21-23-37-35(25-30)33-16-8-9-17-36(33)46(37)31-13-2-1-3-14-31;1-2-6-13-11-17-15(9-12(13)5-1)10-14-7-3-4-8-16(14)17/h1-35H;1-25H;1-9,11H,10H2. The van der Waals surface area contributed by atoms with Crippen LogP contribution in [0.2, 0.25) is 5.02 Å². The fourth-order valence-electron chi connectivity index (χ4n) is 18.9. The first-order chi connectivity index (χ1) is 61.9. The molecule has 0 fully saturated rings. The molecule has 0 unspecified atom stereocenters. The fourth-order valence-corrected chi connectivity index (χ4v) is 19.2. The van der Waals surface area contributed by atoms with Crippen LogP contribution in [0.5, 0.6) is 0 Å². The molecule has 9 nitrogen and oxygen atoms in total. The zero-order chi connectivity index (χ0) is 82.6. The number of hydrogen-bond donors (Lipinski definition) is 0. The molecule has 584 valence electrons. The highest BCUT2D eigenvalue weighted by molar-refractivity contribution is 6.38. The van der Waals surface area contributed by atoms with Crippen molar-refractivity contribution < 1.29 is 0 Å².